The quantitative estimate of drug-likeness (QED) is 0.681. The average Bonchev–Trinajstić information content (AvgIpc) is 2.45. The highest BCUT2D eigenvalue weighted by Crippen LogP contribution is 2.07. The van der Waals surface area contributed by atoms with Crippen molar-refractivity contribution in [2.45, 2.75) is 26.3 Å². The van der Waals surface area contributed by atoms with Gasteiger partial charge in [-0.15, -0.1) is 0 Å². The van der Waals surface area contributed by atoms with Crippen LogP contribution in [-0.4, -0.2) is 16.3 Å². The number of aryl methyl sites for hydroxylation is 1. The topological polar surface area (TPSA) is 63.8 Å². The molecule has 0 radical (unpaired) electrons. The van der Waals surface area contributed by atoms with Gasteiger partial charge < -0.3 is 5.73 Å². The maximum absolute atomic E-state index is 11.2. The van der Waals surface area contributed by atoms with Gasteiger partial charge in [0.05, 0.1) is 0 Å². The van der Waals surface area contributed by atoms with E-state index in [1.54, 1.807) is 10.7 Å². The Kier molecular flexibility index (Phi) is 2.70. The van der Waals surface area contributed by atoms with Crippen molar-refractivity contribution in [2.75, 3.05) is 6.54 Å². The predicted molar refractivity (Wildman–Crippen MR) is 48.2 cm³/mol. The van der Waals surface area contributed by atoms with Gasteiger partial charge in [0.15, 0.2) is 0 Å². The lowest BCUT2D eigenvalue weighted by Gasteiger charge is -2.04. The van der Waals surface area contributed by atoms with Gasteiger partial charge in [0.2, 0.25) is 0 Å². The first-order chi connectivity index (χ1) is 5.69. The molecule has 12 heavy (non-hydrogen) atoms. The summed E-state index contributed by atoms with van der Waals surface area (Å²) in [5, 5.41) is 3.01. The number of H-pyrrole nitrogens is 1. The van der Waals surface area contributed by atoms with E-state index in [-0.39, 0.29) is 11.5 Å². The highest BCUT2D eigenvalue weighted by atomic mass is 16.1. The number of nitrogens with one attached hydrogen (secondary N) is 1. The van der Waals surface area contributed by atoms with Crippen molar-refractivity contribution in [1.29, 1.82) is 0 Å². The monoisotopic (exact) mass is 169 g/mol. The van der Waals surface area contributed by atoms with E-state index >= 15 is 0 Å². The second kappa shape index (κ2) is 3.58. The number of hydrogen-bond acceptors (Lipinski definition) is 2. The van der Waals surface area contributed by atoms with E-state index in [0.717, 1.165) is 5.69 Å². The van der Waals surface area contributed by atoms with Gasteiger partial charge >= 0.3 is 0 Å². The van der Waals surface area contributed by atoms with Crippen LogP contribution in [0, 0.1) is 0 Å². The molecule has 0 saturated heterocycles. The molecule has 0 aliphatic heterocycles. The first-order valence-electron chi connectivity index (χ1n) is 4.18. The molecule has 0 amide bonds. The molecule has 1 aromatic heterocycles. The summed E-state index contributed by atoms with van der Waals surface area (Å²) in [6, 6.07) is 1.61. The van der Waals surface area contributed by atoms with Crippen molar-refractivity contribution < 1.29 is 0 Å². The van der Waals surface area contributed by atoms with Crippen LogP contribution in [0.1, 0.15) is 25.5 Å². The minimum Gasteiger partial charge on any atom is -0.330 e. The van der Waals surface area contributed by atoms with Gasteiger partial charge in [0, 0.05) is 30.8 Å². The van der Waals surface area contributed by atoms with Crippen molar-refractivity contribution in [3.8, 4) is 0 Å². The fourth-order valence-electron chi connectivity index (χ4n) is 1.07. The fourth-order valence-corrected chi connectivity index (χ4v) is 1.07. The van der Waals surface area contributed by atoms with Gasteiger partial charge in [-0.1, -0.05) is 6.92 Å². The number of aromatic nitrogens is 2. The molecule has 0 aromatic carbocycles. The summed E-state index contributed by atoms with van der Waals surface area (Å²) in [5.41, 5.74) is 6.42. The molecule has 0 fully saturated rings. The summed E-state index contributed by atoms with van der Waals surface area (Å²) in [4.78, 5) is 11.2. The zero-order valence-electron chi connectivity index (χ0n) is 7.50. The molecule has 68 valence electrons. The molecule has 4 nitrogen and oxygen atoms in total. The molecule has 1 heterocycles. The number of rotatable bonds is 3. The second-order valence-electron chi connectivity index (χ2n) is 2.93. The van der Waals surface area contributed by atoms with Gasteiger partial charge in [0.25, 0.3) is 5.56 Å². The lowest BCUT2D eigenvalue weighted by atomic mass is 10.1. The van der Waals surface area contributed by atoms with Crippen LogP contribution in [0.4, 0.5) is 0 Å². The van der Waals surface area contributed by atoms with Crippen LogP contribution >= 0.6 is 0 Å². The van der Waals surface area contributed by atoms with E-state index in [2.05, 4.69) is 5.10 Å². The molecule has 0 aliphatic rings. The Balaban J connectivity index is 2.96. The number of aromatic amines is 1. The zero-order valence-corrected chi connectivity index (χ0v) is 7.50. The Bertz CT molecular complexity index is 299. The second-order valence-corrected chi connectivity index (χ2v) is 2.93. The molecule has 0 saturated carbocycles. The molecule has 0 aliphatic carbocycles. The third kappa shape index (κ3) is 1.58. The number of hydrogen-bond donors (Lipinski definition) is 2. The highest BCUT2D eigenvalue weighted by Gasteiger charge is 2.07. The molecule has 1 aromatic rings. The van der Waals surface area contributed by atoms with Crippen molar-refractivity contribution in [3.63, 3.8) is 0 Å². The van der Waals surface area contributed by atoms with E-state index in [1.807, 2.05) is 13.8 Å². The van der Waals surface area contributed by atoms with Crippen LogP contribution in [-0.2, 0) is 6.54 Å². The molecule has 1 rings (SSSR count). The summed E-state index contributed by atoms with van der Waals surface area (Å²) in [5.74, 6) is 0.227. The lowest BCUT2D eigenvalue weighted by Crippen LogP contribution is -2.14. The molecule has 1 atom stereocenters. The standard InChI is InChI=1S/C8H15N3O/c1-3-11-8(12)4-7(10-11)6(2)5-9/h4,6,10H,3,5,9H2,1-2H3. The molecular formula is C8H15N3O. The minimum atomic E-state index is 0.0211. The van der Waals surface area contributed by atoms with Gasteiger partial charge in [-0.05, 0) is 6.92 Å². The fraction of sp³-hybridized carbons (Fsp3) is 0.625. The third-order valence-corrected chi connectivity index (χ3v) is 2.01. The summed E-state index contributed by atoms with van der Waals surface area (Å²) < 4.78 is 1.57. The number of nitrogens with zero attached hydrogens (tertiary/aromatic N) is 1. The van der Waals surface area contributed by atoms with Crippen molar-refractivity contribution in [1.82, 2.24) is 9.78 Å². The largest absolute Gasteiger partial charge is 0.330 e. The molecular weight excluding hydrogens is 154 g/mol. The third-order valence-electron chi connectivity index (χ3n) is 2.01. The molecule has 0 spiro atoms. The summed E-state index contributed by atoms with van der Waals surface area (Å²) in [6.07, 6.45) is 0. The average molecular weight is 169 g/mol. The summed E-state index contributed by atoms with van der Waals surface area (Å²) >= 11 is 0. The first kappa shape index (κ1) is 9.06. The number of nitrogens with two attached hydrogens (primary N) is 1. The summed E-state index contributed by atoms with van der Waals surface area (Å²) in [6.45, 7) is 5.15. The molecule has 3 N–H and O–H groups in total. The predicted octanol–water partition coefficient (Wildman–Crippen LogP) is 0.259. The smallest absolute Gasteiger partial charge is 0.266 e. The van der Waals surface area contributed by atoms with Crippen LogP contribution < -0.4 is 11.3 Å². The molecule has 0 bridgehead atoms. The maximum Gasteiger partial charge on any atom is 0.266 e. The Morgan fingerprint density at radius 2 is 2.42 bits per heavy atom. The summed E-state index contributed by atoms with van der Waals surface area (Å²) in [7, 11) is 0. The zero-order chi connectivity index (χ0) is 9.14. The Labute approximate surface area is 71.4 Å². The normalized spacial score (nSPS) is 13.2. The van der Waals surface area contributed by atoms with Crippen LogP contribution in [0.15, 0.2) is 10.9 Å². The van der Waals surface area contributed by atoms with Crippen LogP contribution in [0.2, 0.25) is 0 Å². The van der Waals surface area contributed by atoms with E-state index in [9.17, 15) is 4.79 Å². The van der Waals surface area contributed by atoms with Crippen LogP contribution in [0.5, 0.6) is 0 Å². The van der Waals surface area contributed by atoms with E-state index in [1.165, 1.54) is 0 Å². The van der Waals surface area contributed by atoms with E-state index in [0.29, 0.717) is 13.1 Å². The highest BCUT2D eigenvalue weighted by molar-refractivity contribution is 5.05. The first-order valence-corrected chi connectivity index (χ1v) is 4.18. The lowest BCUT2D eigenvalue weighted by molar-refractivity contribution is 0.612. The van der Waals surface area contributed by atoms with Crippen molar-refractivity contribution in [3.05, 3.63) is 22.1 Å². The van der Waals surface area contributed by atoms with Gasteiger partial charge in [-0.25, -0.2) is 0 Å². The Morgan fingerprint density at radius 3 is 2.83 bits per heavy atom. The molecule has 4 heteroatoms. The van der Waals surface area contributed by atoms with Gasteiger partial charge in [0.1, 0.15) is 0 Å². The maximum atomic E-state index is 11.2. The van der Waals surface area contributed by atoms with Gasteiger partial charge in [-0.3, -0.25) is 14.6 Å². The van der Waals surface area contributed by atoms with Crippen LogP contribution in [0.3, 0.4) is 0 Å². The van der Waals surface area contributed by atoms with E-state index in [4.69, 9.17) is 5.73 Å². The van der Waals surface area contributed by atoms with Crippen molar-refractivity contribution >= 4 is 0 Å². The van der Waals surface area contributed by atoms with Gasteiger partial charge in [-0.2, -0.15) is 0 Å². The SMILES string of the molecule is CCn1[nH]c(C(C)CN)cc1=O. The van der Waals surface area contributed by atoms with E-state index < -0.39 is 0 Å². The van der Waals surface area contributed by atoms with Crippen LogP contribution in [0.25, 0.3) is 0 Å². The Hall–Kier alpha value is -1.03. The minimum absolute atomic E-state index is 0.0211. The Morgan fingerprint density at radius 1 is 1.75 bits per heavy atom. The molecule has 1 unspecified atom stereocenters. The van der Waals surface area contributed by atoms with Crippen molar-refractivity contribution in [2.24, 2.45) is 5.73 Å².